The first kappa shape index (κ1) is 14.8. The highest BCUT2D eigenvalue weighted by atomic mass is 19.2. The van der Waals surface area contributed by atoms with Gasteiger partial charge in [0.25, 0.3) is 0 Å². The second-order valence-electron chi connectivity index (χ2n) is 6.95. The van der Waals surface area contributed by atoms with E-state index in [-0.39, 0.29) is 5.92 Å². The molecule has 4 heterocycles. The molecule has 2 aromatic rings. The third kappa shape index (κ3) is 2.28. The maximum absolute atomic E-state index is 15.5. The van der Waals surface area contributed by atoms with E-state index in [0.717, 1.165) is 22.9 Å². The Balaban J connectivity index is 1.72. The molecule has 3 fully saturated rings. The zero-order valence-corrected chi connectivity index (χ0v) is 13.1. The molecular weight excluding hydrogens is 291 g/mol. The van der Waals surface area contributed by atoms with E-state index >= 15 is 4.48 Å². The number of rotatable bonds is 3. The molecule has 0 unspecified atom stereocenters. The quantitative estimate of drug-likeness (QED) is 0.694. The number of benzene rings is 1. The summed E-state index contributed by atoms with van der Waals surface area (Å²) >= 11 is 0. The summed E-state index contributed by atoms with van der Waals surface area (Å²) < 4.78 is 15.0. The number of pyridine rings is 1. The number of halogens is 1. The lowest BCUT2D eigenvalue weighted by Gasteiger charge is -2.50. The third-order valence-corrected chi connectivity index (χ3v) is 5.80. The van der Waals surface area contributed by atoms with Crippen LogP contribution in [0.25, 0.3) is 10.9 Å². The molecule has 3 saturated heterocycles. The molecule has 120 valence electrons. The third-order valence-electron chi connectivity index (χ3n) is 5.80. The number of hydrogen-bond acceptors (Lipinski definition) is 2. The molecule has 1 N–H and O–H groups in total. The number of quaternary nitrogens is 1. The molecule has 1 aromatic carbocycles. The van der Waals surface area contributed by atoms with Gasteiger partial charge in [0.1, 0.15) is 19.2 Å². The van der Waals surface area contributed by atoms with E-state index in [0.29, 0.717) is 25.4 Å². The van der Waals surface area contributed by atoms with Crippen LogP contribution >= 0.6 is 0 Å². The van der Waals surface area contributed by atoms with Gasteiger partial charge in [0.2, 0.25) is 0 Å². The topological polar surface area (TPSA) is 33.1 Å². The first-order valence-corrected chi connectivity index (χ1v) is 8.33. The Labute approximate surface area is 135 Å². The Morgan fingerprint density at radius 1 is 1.35 bits per heavy atom. The summed E-state index contributed by atoms with van der Waals surface area (Å²) in [4.78, 5) is 4.34. The van der Waals surface area contributed by atoms with Crippen LogP contribution in [0, 0.1) is 11.8 Å². The molecule has 5 atom stereocenters. The van der Waals surface area contributed by atoms with E-state index in [4.69, 9.17) is 0 Å². The summed E-state index contributed by atoms with van der Waals surface area (Å²) in [5.74, 6) is 0.669. The van der Waals surface area contributed by atoms with Crippen molar-refractivity contribution in [1.29, 1.82) is 0 Å². The van der Waals surface area contributed by atoms with Crippen molar-refractivity contribution in [2.45, 2.75) is 25.0 Å². The molecule has 3 nitrogen and oxygen atoms in total. The van der Waals surface area contributed by atoms with Gasteiger partial charge < -0.3 is 5.11 Å². The molecule has 5 rings (SSSR count). The van der Waals surface area contributed by atoms with Crippen LogP contribution in [0.2, 0.25) is 0 Å². The molecule has 23 heavy (non-hydrogen) atoms. The van der Waals surface area contributed by atoms with Crippen molar-refractivity contribution in [1.82, 2.24) is 4.98 Å². The number of piperidine rings is 3. The van der Waals surface area contributed by atoms with Crippen molar-refractivity contribution in [3.05, 3.63) is 54.7 Å². The molecule has 0 aliphatic carbocycles. The van der Waals surface area contributed by atoms with Gasteiger partial charge in [-0.25, -0.2) is 0 Å². The van der Waals surface area contributed by atoms with E-state index in [1.165, 1.54) is 0 Å². The first-order chi connectivity index (χ1) is 11.1. The van der Waals surface area contributed by atoms with Crippen molar-refractivity contribution in [3.8, 4) is 0 Å². The van der Waals surface area contributed by atoms with Gasteiger partial charge in [-0.05, 0) is 28.1 Å². The van der Waals surface area contributed by atoms with E-state index in [1.54, 1.807) is 6.20 Å². The van der Waals surface area contributed by atoms with Gasteiger partial charge in [0.05, 0.1) is 5.52 Å². The fraction of sp³-hybridized carbons (Fsp3) is 0.421. The van der Waals surface area contributed by atoms with Crippen LogP contribution in [-0.2, 0) is 0 Å². The van der Waals surface area contributed by atoms with Crippen LogP contribution in [0.3, 0.4) is 0 Å². The first-order valence-electron chi connectivity index (χ1n) is 8.33. The van der Waals surface area contributed by atoms with E-state index < -0.39 is 16.9 Å². The Morgan fingerprint density at radius 2 is 2.17 bits per heavy atom. The second kappa shape index (κ2) is 5.39. The Kier molecular flexibility index (Phi) is 3.47. The van der Waals surface area contributed by atoms with Crippen molar-refractivity contribution in [2.24, 2.45) is 11.8 Å². The van der Waals surface area contributed by atoms with Crippen molar-refractivity contribution < 1.29 is 14.3 Å². The lowest BCUT2D eigenvalue weighted by atomic mass is 9.73. The minimum atomic E-state index is -0.804. The molecule has 1 aromatic heterocycles. The van der Waals surface area contributed by atoms with Crippen LogP contribution in [-0.4, -0.2) is 33.9 Å². The van der Waals surface area contributed by atoms with Crippen LogP contribution < -0.4 is 0 Å². The summed E-state index contributed by atoms with van der Waals surface area (Å²) in [6.45, 7) is 4.80. The molecule has 0 amide bonds. The normalized spacial score (nSPS) is 34.4. The molecule has 0 spiro atoms. The summed E-state index contributed by atoms with van der Waals surface area (Å²) in [5, 5.41) is 11.9. The molecule has 2 bridgehead atoms. The Hall–Kier alpha value is -1.78. The van der Waals surface area contributed by atoms with E-state index in [1.807, 2.05) is 36.4 Å². The monoisotopic (exact) mass is 313 g/mol. The van der Waals surface area contributed by atoms with Gasteiger partial charge in [0, 0.05) is 30.3 Å². The molecular formula is C19H22FN2O+. The number of fused-ring (bicyclic) bond motifs is 4. The fourth-order valence-electron chi connectivity index (χ4n) is 4.51. The minimum Gasteiger partial charge on any atom is -0.382 e. The molecule has 0 radical (unpaired) electrons. The predicted octanol–water partition coefficient (Wildman–Crippen LogP) is 3.56. The van der Waals surface area contributed by atoms with Crippen molar-refractivity contribution >= 4 is 10.9 Å². The average molecular weight is 313 g/mol. The minimum absolute atomic E-state index is 0.228. The predicted molar refractivity (Wildman–Crippen MR) is 88.0 cm³/mol. The van der Waals surface area contributed by atoms with Crippen LogP contribution in [0.4, 0.5) is 4.48 Å². The Bertz CT molecular complexity index is 744. The lowest BCUT2D eigenvalue weighted by Crippen LogP contribution is -2.63. The summed E-state index contributed by atoms with van der Waals surface area (Å²) in [7, 11) is 0. The SMILES string of the molecule is C=C[C@H]1C[N@+]2(F)CC[C@H]1C[C@H]2[C@H](O)c1ccnc2ccccc12. The standard InChI is InChI=1S/C19H22FN2O/c1-2-13-12-22(20)10-8-14(13)11-18(22)19(23)16-7-9-21-17-6-4-3-5-15(16)17/h2-7,9,13-14,18-19,23H,1,8,10-12H2/q+1/t13-,14-,18-,19+,22+/m0/s1. The highest BCUT2D eigenvalue weighted by Crippen LogP contribution is 2.47. The van der Waals surface area contributed by atoms with Gasteiger partial charge in [-0.2, -0.15) is 0 Å². The van der Waals surface area contributed by atoms with E-state index in [9.17, 15) is 5.11 Å². The van der Waals surface area contributed by atoms with Gasteiger partial charge in [-0.15, -0.1) is 11.3 Å². The number of hydrogen-bond donors (Lipinski definition) is 1. The summed E-state index contributed by atoms with van der Waals surface area (Å²) in [5.41, 5.74) is 1.63. The second-order valence-corrected chi connectivity index (χ2v) is 6.95. The molecule has 4 heteroatoms. The van der Waals surface area contributed by atoms with Gasteiger partial charge in [-0.3, -0.25) is 4.98 Å². The smallest absolute Gasteiger partial charge is 0.155 e. The fourth-order valence-corrected chi connectivity index (χ4v) is 4.51. The lowest BCUT2D eigenvalue weighted by molar-refractivity contribution is -1.09. The van der Waals surface area contributed by atoms with Crippen molar-refractivity contribution in [2.75, 3.05) is 13.1 Å². The van der Waals surface area contributed by atoms with Crippen LogP contribution in [0.15, 0.2) is 49.2 Å². The van der Waals surface area contributed by atoms with Gasteiger partial charge in [-0.1, -0.05) is 24.3 Å². The maximum Gasteiger partial charge on any atom is 0.155 e. The van der Waals surface area contributed by atoms with Crippen molar-refractivity contribution in [3.63, 3.8) is 0 Å². The highest BCUT2D eigenvalue weighted by molar-refractivity contribution is 5.82. The number of aliphatic hydroxyl groups is 1. The number of para-hydroxylation sites is 1. The maximum atomic E-state index is 15.5. The molecule has 0 saturated carbocycles. The van der Waals surface area contributed by atoms with Crippen LogP contribution in [0.1, 0.15) is 24.5 Å². The summed E-state index contributed by atoms with van der Waals surface area (Å²) in [6, 6.07) is 9.17. The van der Waals surface area contributed by atoms with Gasteiger partial charge >= 0.3 is 0 Å². The zero-order chi connectivity index (χ0) is 16.0. The number of aliphatic hydroxyl groups excluding tert-OH is 1. The van der Waals surface area contributed by atoms with Crippen LogP contribution in [0.5, 0.6) is 0 Å². The molecule has 3 aliphatic heterocycles. The Morgan fingerprint density at radius 3 is 2.96 bits per heavy atom. The van der Waals surface area contributed by atoms with E-state index in [2.05, 4.69) is 11.6 Å². The van der Waals surface area contributed by atoms with Gasteiger partial charge in [0.15, 0.2) is 6.04 Å². The molecule has 3 aliphatic rings. The summed E-state index contributed by atoms with van der Waals surface area (Å²) in [6.07, 6.45) is 4.38. The average Bonchev–Trinajstić information content (AvgIpc) is 2.60. The highest BCUT2D eigenvalue weighted by Gasteiger charge is 2.56. The zero-order valence-electron chi connectivity index (χ0n) is 13.1. The number of aromatic nitrogens is 1. The number of nitrogens with zero attached hydrogens (tertiary/aromatic N) is 2. The largest absolute Gasteiger partial charge is 0.382 e.